The van der Waals surface area contributed by atoms with E-state index in [1.807, 2.05) is 17.6 Å². The van der Waals surface area contributed by atoms with Crippen molar-refractivity contribution in [3.8, 4) is 5.75 Å². The molecule has 1 saturated heterocycles. The van der Waals surface area contributed by atoms with Crippen LogP contribution >= 0.6 is 0 Å². The van der Waals surface area contributed by atoms with E-state index < -0.39 is 12.0 Å². The van der Waals surface area contributed by atoms with E-state index in [0.717, 1.165) is 17.8 Å². The third-order valence-electron chi connectivity index (χ3n) is 6.72. The van der Waals surface area contributed by atoms with Crippen molar-refractivity contribution in [3.05, 3.63) is 82.3 Å². The molecule has 2 bridgehead atoms. The number of carboxylic acid groups (broad SMARTS) is 1. The van der Waals surface area contributed by atoms with Gasteiger partial charge in [-0.1, -0.05) is 12.1 Å². The van der Waals surface area contributed by atoms with Crippen LogP contribution in [0.15, 0.2) is 65.5 Å². The Balaban J connectivity index is 1.39. The summed E-state index contributed by atoms with van der Waals surface area (Å²) in [5, 5.41) is 17.1. The maximum Gasteiger partial charge on any atom is 0.323 e. The van der Waals surface area contributed by atoms with Crippen molar-refractivity contribution in [2.45, 2.75) is 25.8 Å². The number of nitrogens with zero attached hydrogens (tertiary/aromatic N) is 2. The number of hydrogen-bond donors (Lipinski definition) is 2. The monoisotopic (exact) mass is 487 g/mol. The van der Waals surface area contributed by atoms with E-state index in [4.69, 9.17) is 4.74 Å². The van der Waals surface area contributed by atoms with Gasteiger partial charge in [0, 0.05) is 43.0 Å². The molecule has 0 spiro atoms. The zero-order chi connectivity index (χ0) is 25.2. The highest BCUT2D eigenvalue weighted by Crippen LogP contribution is 2.39. The smallest absolute Gasteiger partial charge is 0.323 e. The summed E-state index contributed by atoms with van der Waals surface area (Å²) in [7, 11) is 0. The Morgan fingerprint density at radius 2 is 1.83 bits per heavy atom. The number of rotatable bonds is 6. The van der Waals surface area contributed by atoms with Gasteiger partial charge < -0.3 is 34.7 Å². The van der Waals surface area contributed by atoms with Crippen LogP contribution in [0.4, 0.5) is 21.9 Å². The Morgan fingerprint density at radius 1 is 1.03 bits per heavy atom. The number of hydrogen-bond acceptors (Lipinski definition) is 6. The molecule has 9 heteroatoms. The predicted octanol–water partition coefficient (Wildman–Crippen LogP) is 2.88. The molecular formula is C27H27N4O5-. The fraction of sp³-hybridized carbons (Fsp3) is 0.296. The number of fused-ring (bicyclic) bond motifs is 4. The van der Waals surface area contributed by atoms with E-state index in [9.17, 15) is 19.5 Å². The summed E-state index contributed by atoms with van der Waals surface area (Å²) in [5.74, 6) is -0.187. The van der Waals surface area contributed by atoms with Gasteiger partial charge in [-0.2, -0.15) is 0 Å². The molecule has 9 nitrogen and oxygen atoms in total. The molecule has 3 heterocycles. The summed E-state index contributed by atoms with van der Waals surface area (Å²) in [5.41, 5.74) is 2.68. The van der Waals surface area contributed by atoms with Crippen LogP contribution in [0.3, 0.4) is 0 Å². The summed E-state index contributed by atoms with van der Waals surface area (Å²) in [4.78, 5) is 38.9. The fourth-order valence-electron chi connectivity index (χ4n) is 5.22. The van der Waals surface area contributed by atoms with Crippen LogP contribution in [-0.2, 0) is 6.54 Å². The van der Waals surface area contributed by atoms with Gasteiger partial charge in [0.1, 0.15) is 5.75 Å². The predicted molar refractivity (Wildman–Crippen MR) is 135 cm³/mol. The number of nitrogens with one attached hydrogen (secondary N) is 2. The van der Waals surface area contributed by atoms with Gasteiger partial charge in [-0.25, -0.2) is 4.79 Å². The summed E-state index contributed by atoms with van der Waals surface area (Å²) in [6.07, 6.45) is 0.984. The normalized spacial score (nSPS) is 18.2. The number of anilines is 3. The van der Waals surface area contributed by atoms with Crippen LogP contribution in [0, 0.1) is 5.92 Å². The van der Waals surface area contributed by atoms with Crippen molar-refractivity contribution < 1.29 is 19.4 Å². The molecule has 1 fully saturated rings. The molecule has 36 heavy (non-hydrogen) atoms. The SMILES string of the molecule is CCOc1ccc(NC(=O)Nc2cc(C(=O)[O-])ccc2N2CC3CC(C2)c2cccc(=O)n2C3)cc1. The number of carbonyl (C=O) groups is 2. The van der Waals surface area contributed by atoms with Gasteiger partial charge in [-0.3, -0.25) is 4.79 Å². The molecule has 1 aromatic heterocycles. The van der Waals surface area contributed by atoms with Gasteiger partial charge in [-0.05, 0) is 67.3 Å². The number of pyridine rings is 1. The average Bonchev–Trinajstić information content (AvgIpc) is 2.86. The minimum atomic E-state index is -1.32. The van der Waals surface area contributed by atoms with Gasteiger partial charge in [0.25, 0.3) is 5.56 Å². The molecule has 0 aliphatic carbocycles. The van der Waals surface area contributed by atoms with Crippen LogP contribution < -0.4 is 30.9 Å². The van der Waals surface area contributed by atoms with Crippen LogP contribution in [0.2, 0.25) is 0 Å². The van der Waals surface area contributed by atoms with E-state index in [1.165, 1.54) is 12.1 Å². The highest BCUT2D eigenvalue weighted by atomic mass is 16.5. The first-order chi connectivity index (χ1) is 17.4. The number of urea groups is 1. The molecule has 2 N–H and O–H groups in total. The Labute approximate surface area is 208 Å². The van der Waals surface area contributed by atoms with Crippen LogP contribution in [0.5, 0.6) is 5.75 Å². The first kappa shape index (κ1) is 23.5. The standard InChI is InChI=1S/C27H28N4O5/c1-2-36-21-9-7-20(8-10-21)28-27(35)29-22-13-18(26(33)34)6-11-24(22)30-14-17-12-19(16-30)23-4-3-5-25(32)31(23)15-17/h3-11,13,17,19H,2,12,14-16H2,1H3,(H,33,34)(H2,28,29,35)/p-1. The van der Waals surface area contributed by atoms with E-state index >= 15 is 0 Å². The second kappa shape index (κ2) is 9.77. The van der Waals surface area contributed by atoms with E-state index in [2.05, 4.69) is 15.5 Å². The van der Waals surface area contributed by atoms with Crippen molar-refractivity contribution in [1.29, 1.82) is 0 Å². The first-order valence-electron chi connectivity index (χ1n) is 12.0. The Kier molecular flexibility index (Phi) is 6.37. The van der Waals surface area contributed by atoms with Crippen LogP contribution in [0.1, 0.15) is 35.3 Å². The zero-order valence-electron chi connectivity index (χ0n) is 19.9. The molecule has 2 aromatic carbocycles. The molecule has 186 valence electrons. The number of aromatic nitrogens is 1. The minimum absolute atomic E-state index is 0.0160. The largest absolute Gasteiger partial charge is 0.545 e. The third-order valence-corrected chi connectivity index (χ3v) is 6.72. The molecule has 0 saturated carbocycles. The Morgan fingerprint density at radius 3 is 2.58 bits per heavy atom. The van der Waals surface area contributed by atoms with Crippen LogP contribution in [-0.4, -0.2) is 36.3 Å². The molecule has 2 aliphatic rings. The summed E-state index contributed by atoms with van der Waals surface area (Å²) in [6.45, 7) is 4.43. The number of aromatic carboxylic acids is 1. The van der Waals surface area contributed by atoms with Crippen molar-refractivity contribution in [1.82, 2.24) is 4.57 Å². The second-order valence-electron chi connectivity index (χ2n) is 9.16. The zero-order valence-corrected chi connectivity index (χ0v) is 19.9. The van der Waals surface area contributed by atoms with Gasteiger partial charge in [0.15, 0.2) is 0 Å². The highest BCUT2D eigenvalue weighted by Gasteiger charge is 2.35. The van der Waals surface area contributed by atoms with E-state index in [0.29, 0.717) is 43.4 Å². The maximum absolute atomic E-state index is 12.8. The first-order valence-corrected chi connectivity index (χ1v) is 12.0. The molecular weight excluding hydrogens is 460 g/mol. The number of piperidine rings is 1. The topological polar surface area (TPSA) is 116 Å². The third kappa shape index (κ3) is 4.77. The summed E-state index contributed by atoms with van der Waals surface area (Å²) >= 11 is 0. The number of benzene rings is 2. The maximum atomic E-state index is 12.8. The lowest BCUT2D eigenvalue weighted by Crippen LogP contribution is -2.47. The summed E-state index contributed by atoms with van der Waals surface area (Å²) in [6, 6.07) is 16.5. The quantitative estimate of drug-likeness (QED) is 0.553. The van der Waals surface area contributed by atoms with E-state index in [-0.39, 0.29) is 23.0 Å². The number of carbonyl (C=O) groups excluding carboxylic acids is 2. The molecule has 2 atom stereocenters. The molecule has 2 unspecified atom stereocenters. The molecule has 3 aromatic rings. The fourth-order valence-corrected chi connectivity index (χ4v) is 5.22. The lowest BCUT2D eigenvalue weighted by molar-refractivity contribution is -0.255. The van der Waals surface area contributed by atoms with Crippen molar-refractivity contribution in [2.75, 3.05) is 35.2 Å². The van der Waals surface area contributed by atoms with Crippen molar-refractivity contribution in [2.24, 2.45) is 5.92 Å². The molecule has 5 rings (SSSR count). The molecule has 2 aliphatic heterocycles. The lowest BCUT2D eigenvalue weighted by atomic mass is 9.83. The van der Waals surface area contributed by atoms with Gasteiger partial charge in [0.05, 0.1) is 24.0 Å². The highest BCUT2D eigenvalue weighted by molar-refractivity contribution is 6.03. The van der Waals surface area contributed by atoms with E-state index in [1.54, 1.807) is 42.5 Å². The molecule has 0 radical (unpaired) electrons. The van der Waals surface area contributed by atoms with Gasteiger partial charge >= 0.3 is 6.03 Å². The minimum Gasteiger partial charge on any atom is -0.545 e. The van der Waals surface area contributed by atoms with Gasteiger partial charge in [-0.15, -0.1) is 0 Å². The van der Waals surface area contributed by atoms with Crippen molar-refractivity contribution >= 4 is 29.1 Å². The van der Waals surface area contributed by atoms with Crippen LogP contribution in [0.25, 0.3) is 0 Å². The average molecular weight is 488 g/mol. The van der Waals surface area contributed by atoms with Crippen molar-refractivity contribution in [3.63, 3.8) is 0 Å². The number of carboxylic acids is 1. The number of amides is 2. The Bertz CT molecular complexity index is 1350. The summed E-state index contributed by atoms with van der Waals surface area (Å²) < 4.78 is 7.29. The lowest BCUT2D eigenvalue weighted by Gasteiger charge is -2.44. The number of ether oxygens (including phenoxy) is 1. The second-order valence-corrected chi connectivity index (χ2v) is 9.16. The molecule has 2 amide bonds. The Hall–Kier alpha value is -4.27. The van der Waals surface area contributed by atoms with Gasteiger partial charge in [0.2, 0.25) is 0 Å².